The number of carboxylic acid groups (broad SMARTS) is 1. The third kappa shape index (κ3) is 2.61. The number of rotatable bonds is 7. The van der Waals surface area contributed by atoms with Crippen molar-refractivity contribution in [3.63, 3.8) is 0 Å². The molecule has 2 fully saturated rings. The average Bonchev–Trinajstić information content (AvgIpc) is 3.13. The number of hydrogen-bond donors (Lipinski definition) is 4. The molecule has 0 aromatic heterocycles. The number of hydrogen-bond acceptors (Lipinski definition) is 7. The number of methoxy groups -OCH3 is 1. The Morgan fingerprint density at radius 3 is 2.91 bits per heavy atom. The Kier molecular flexibility index (Phi) is 5.02. The molecule has 2 bridgehead atoms. The van der Waals surface area contributed by atoms with Gasteiger partial charge in [0.1, 0.15) is 6.10 Å². The van der Waals surface area contributed by atoms with Gasteiger partial charge in [-0.15, -0.1) is 0 Å². The van der Waals surface area contributed by atoms with Crippen LogP contribution < -0.4 is 15.8 Å². The van der Waals surface area contributed by atoms with Gasteiger partial charge in [-0.2, -0.15) is 0 Å². The van der Waals surface area contributed by atoms with Crippen LogP contribution in [0.1, 0.15) is 56.6 Å². The van der Waals surface area contributed by atoms with Crippen LogP contribution >= 0.6 is 0 Å². The summed E-state index contributed by atoms with van der Waals surface area (Å²) >= 11 is 0. The summed E-state index contributed by atoms with van der Waals surface area (Å²) in [6.45, 7) is 2.91. The van der Waals surface area contributed by atoms with E-state index in [4.69, 9.17) is 15.2 Å². The molecule has 4 aliphatic rings. The van der Waals surface area contributed by atoms with Gasteiger partial charge in [0.15, 0.2) is 17.2 Å². The molecule has 0 unspecified atom stereocenters. The molecular formula is C24H35N3O5. The molecule has 2 aliphatic carbocycles. The van der Waals surface area contributed by atoms with Gasteiger partial charge in [-0.05, 0) is 63.7 Å². The van der Waals surface area contributed by atoms with Gasteiger partial charge in [0.25, 0.3) is 0 Å². The van der Waals surface area contributed by atoms with Crippen LogP contribution in [0.4, 0.5) is 0 Å². The number of phenols is 1. The van der Waals surface area contributed by atoms with Crippen molar-refractivity contribution in [2.75, 3.05) is 20.7 Å². The standard InChI is InChI=1S/C24H35N3O5/c1-4-5-9-24(25,21(29)30)26-15-8-10-23(31-3)17-13-14-6-7-16(28)19-18(14)22(23,20(15)32-19)11-12-27(17)2/h6-7,15,17,20,26,28H,4-5,8-13,25H2,1-3H3,(H,29,30)/t15-,17-,20+,22+,23-,24+/m1/s1. The van der Waals surface area contributed by atoms with Crippen molar-refractivity contribution in [2.45, 2.75) is 86.7 Å². The highest BCUT2D eigenvalue weighted by Crippen LogP contribution is 2.66. The number of nitrogens with one attached hydrogen (secondary N) is 1. The van der Waals surface area contributed by atoms with Gasteiger partial charge in [0, 0.05) is 24.8 Å². The molecule has 1 saturated heterocycles. The maximum atomic E-state index is 12.2. The lowest BCUT2D eigenvalue weighted by Gasteiger charge is -2.65. The molecule has 2 aliphatic heterocycles. The third-order valence-corrected chi connectivity index (χ3v) is 8.80. The number of aromatic hydroxyl groups is 1. The Hall–Kier alpha value is -1.87. The zero-order valence-corrected chi connectivity index (χ0v) is 19.2. The van der Waals surface area contributed by atoms with Gasteiger partial charge < -0.3 is 30.3 Å². The second-order valence-electron chi connectivity index (χ2n) is 10.2. The number of benzene rings is 1. The molecule has 5 rings (SSSR count). The fourth-order valence-corrected chi connectivity index (χ4v) is 7.31. The number of likely N-dealkylation sites (tertiary alicyclic amines) is 1. The molecule has 6 atom stereocenters. The summed E-state index contributed by atoms with van der Waals surface area (Å²) in [4.78, 5) is 14.6. The lowest BCUT2D eigenvalue weighted by Crippen LogP contribution is -2.79. The van der Waals surface area contributed by atoms with E-state index in [1.807, 2.05) is 13.0 Å². The molecule has 1 aromatic carbocycles. The maximum Gasteiger partial charge on any atom is 0.338 e. The monoisotopic (exact) mass is 445 g/mol. The van der Waals surface area contributed by atoms with E-state index >= 15 is 0 Å². The predicted molar refractivity (Wildman–Crippen MR) is 119 cm³/mol. The first-order valence-corrected chi connectivity index (χ1v) is 11.8. The van der Waals surface area contributed by atoms with E-state index in [0.29, 0.717) is 18.6 Å². The number of unbranched alkanes of at least 4 members (excludes halogenated alkanes) is 1. The molecule has 176 valence electrons. The van der Waals surface area contributed by atoms with E-state index in [-0.39, 0.29) is 23.9 Å². The number of nitrogens with zero attached hydrogens (tertiary/aromatic N) is 1. The van der Waals surface area contributed by atoms with Crippen molar-refractivity contribution in [1.82, 2.24) is 10.2 Å². The van der Waals surface area contributed by atoms with Crippen molar-refractivity contribution >= 4 is 5.97 Å². The van der Waals surface area contributed by atoms with E-state index in [2.05, 4.69) is 17.3 Å². The van der Waals surface area contributed by atoms with Crippen LogP contribution in [0.15, 0.2) is 12.1 Å². The number of carbonyl (C=O) groups is 1. The Balaban J connectivity index is 1.63. The van der Waals surface area contributed by atoms with Crippen LogP contribution in [-0.4, -0.2) is 71.2 Å². The molecule has 32 heavy (non-hydrogen) atoms. The summed E-state index contributed by atoms with van der Waals surface area (Å²) in [5.41, 5.74) is 6.22. The van der Waals surface area contributed by atoms with Crippen LogP contribution in [0.5, 0.6) is 11.5 Å². The second kappa shape index (κ2) is 7.32. The van der Waals surface area contributed by atoms with Gasteiger partial charge in [0.05, 0.1) is 11.0 Å². The second-order valence-corrected chi connectivity index (χ2v) is 10.2. The fraction of sp³-hybridized carbons (Fsp3) is 0.708. The Labute approximate surface area is 189 Å². The lowest BCUT2D eigenvalue weighted by atomic mass is 9.48. The molecule has 0 radical (unpaired) electrons. The zero-order valence-electron chi connectivity index (χ0n) is 19.2. The van der Waals surface area contributed by atoms with E-state index in [0.717, 1.165) is 44.2 Å². The quantitative estimate of drug-likeness (QED) is 0.469. The van der Waals surface area contributed by atoms with Crippen molar-refractivity contribution in [1.29, 1.82) is 0 Å². The summed E-state index contributed by atoms with van der Waals surface area (Å²) < 4.78 is 13.0. The molecule has 1 spiro atoms. The number of phenolic OH excluding ortho intramolecular Hbond substituents is 1. The van der Waals surface area contributed by atoms with Crippen molar-refractivity contribution in [2.24, 2.45) is 5.73 Å². The van der Waals surface area contributed by atoms with E-state index < -0.39 is 22.6 Å². The maximum absolute atomic E-state index is 12.2. The normalized spacial score (nSPS) is 36.8. The van der Waals surface area contributed by atoms with Gasteiger partial charge in [-0.3, -0.25) is 5.32 Å². The number of carboxylic acids is 1. The third-order valence-electron chi connectivity index (χ3n) is 8.80. The SMILES string of the molecule is CCCC[C@](N)(N[C@@H]1CC[C@@]2(OC)[C@H]3Cc4ccc(O)c5c4[C@@]2(CCN3C)[C@H]1O5)C(=O)O. The first-order chi connectivity index (χ1) is 15.2. The summed E-state index contributed by atoms with van der Waals surface area (Å²) in [5.74, 6) is -0.370. The first-order valence-electron chi connectivity index (χ1n) is 11.8. The Bertz CT molecular complexity index is 940. The number of likely N-dealkylation sites (N-methyl/N-ethyl adjacent to an activating group) is 1. The van der Waals surface area contributed by atoms with Crippen LogP contribution in [0.25, 0.3) is 0 Å². The van der Waals surface area contributed by atoms with Gasteiger partial charge in [0.2, 0.25) is 0 Å². The molecule has 1 aromatic rings. The fourth-order valence-electron chi connectivity index (χ4n) is 7.31. The summed E-state index contributed by atoms with van der Waals surface area (Å²) in [6.07, 6.45) is 4.69. The predicted octanol–water partition coefficient (Wildman–Crippen LogP) is 1.72. The molecule has 5 N–H and O–H groups in total. The number of aliphatic carboxylic acids is 1. The smallest absolute Gasteiger partial charge is 0.338 e. The highest BCUT2D eigenvalue weighted by molar-refractivity contribution is 5.78. The minimum absolute atomic E-state index is 0.136. The molecule has 8 heteroatoms. The van der Waals surface area contributed by atoms with Crippen molar-refractivity contribution < 1.29 is 24.5 Å². The van der Waals surface area contributed by atoms with Crippen LogP contribution in [0, 0.1) is 0 Å². The minimum atomic E-state index is -1.52. The highest BCUT2D eigenvalue weighted by Gasteiger charge is 2.73. The molecular weight excluding hydrogens is 410 g/mol. The van der Waals surface area contributed by atoms with E-state index in [1.54, 1.807) is 13.2 Å². The molecule has 2 heterocycles. The van der Waals surface area contributed by atoms with Gasteiger partial charge in [-0.1, -0.05) is 19.4 Å². The van der Waals surface area contributed by atoms with Crippen molar-refractivity contribution in [3.05, 3.63) is 23.3 Å². The Morgan fingerprint density at radius 1 is 1.44 bits per heavy atom. The first kappa shape index (κ1) is 21.9. The van der Waals surface area contributed by atoms with Gasteiger partial charge in [-0.25, -0.2) is 4.79 Å². The van der Waals surface area contributed by atoms with E-state index in [1.165, 1.54) is 5.56 Å². The molecule has 8 nitrogen and oxygen atoms in total. The van der Waals surface area contributed by atoms with E-state index in [9.17, 15) is 15.0 Å². The molecule has 1 saturated carbocycles. The summed E-state index contributed by atoms with van der Waals surface area (Å²) in [5, 5.41) is 24.0. The topological polar surface area (TPSA) is 117 Å². The van der Waals surface area contributed by atoms with Crippen molar-refractivity contribution in [3.8, 4) is 11.5 Å². The summed E-state index contributed by atoms with van der Waals surface area (Å²) in [6, 6.07) is 3.65. The van der Waals surface area contributed by atoms with Crippen LogP contribution in [0.3, 0.4) is 0 Å². The highest BCUT2D eigenvalue weighted by atomic mass is 16.5. The lowest BCUT2D eigenvalue weighted by molar-refractivity contribution is -0.205. The van der Waals surface area contributed by atoms with Gasteiger partial charge >= 0.3 is 5.97 Å². The van der Waals surface area contributed by atoms with Crippen LogP contribution in [-0.2, 0) is 21.4 Å². The number of nitrogens with two attached hydrogens (primary N) is 1. The minimum Gasteiger partial charge on any atom is -0.504 e. The average molecular weight is 446 g/mol. The number of ether oxygens (including phenoxy) is 2. The number of piperidine rings is 1. The largest absolute Gasteiger partial charge is 0.504 e. The Morgan fingerprint density at radius 2 is 2.22 bits per heavy atom. The summed E-state index contributed by atoms with van der Waals surface area (Å²) in [7, 11) is 3.94. The zero-order chi connectivity index (χ0) is 22.9. The van der Waals surface area contributed by atoms with Crippen LogP contribution in [0.2, 0.25) is 0 Å². The molecule has 0 amide bonds.